The van der Waals surface area contributed by atoms with Gasteiger partial charge in [0.05, 0.1) is 23.4 Å². The maximum Gasteiger partial charge on any atom is 0.266 e. The molecular weight excluding hydrogens is 361 g/mol. The van der Waals surface area contributed by atoms with Crippen molar-refractivity contribution in [1.29, 1.82) is 0 Å². The highest BCUT2D eigenvalue weighted by atomic mass is 19.3. The molecule has 1 saturated heterocycles. The Labute approximate surface area is 151 Å². The predicted octanol–water partition coefficient (Wildman–Crippen LogP) is 2.38. The van der Waals surface area contributed by atoms with Crippen molar-refractivity contribution < 1.29 is 23.1 Å². The first-order chi connectivity index (χ1) is 12.9. The number of aliphatic hydroxyl groups excluding tert-OH is 1. The minimum Gasteiger partial charge on any atom is -0.389 e. The number of benzene rings is 1. The number of aliphatic hydroxyl groups is 1. The van der Waals surface area contributed by atoms with E-state index < -0.39 is 23.9 Å². The Morgan fingerprint density at radius 1 is 1.22 bits per heavy atom. The molecule has 0 spiro atoms. The van der Waals surface area contributed by atoms with Crippen LogP contribution < -0.4 is 0 Å². The van der Waals surface area contributed by atoms with Crippen molar-refractivity contribution in [3.8, 4) is 11.1 Å². The second-order valence-corrected chi connectivity index (χ2v) is 6.42. The molecule has 1 aliphatic rings. The Hall–Kier alpha value is -2.94. The number of rotatable bonds is 4. The SMILES string of the molecule is O=C(Cn1ncc2ncc(-c3ccc(F)c(C(F)F)c3)cc21)N1CC(O)C1. The van der Waals surface area contributed by atoms with Gasteiger partial charge in [0.1, 0.15) is 17.9 Å². The van der Waals surface area contributed by atoms with Gasteiger partial charge in [-0.2, -0.15) is 5.10 Å². The molecule has 1 fully saturated rings. The van der Waals surface area contributed by atoms with E-state index in [-0.39, 0.29) is 12.5 Å². The summed E-state index contributed by atoms with van der Waals surface area (Å²) in [6.07, 6.45) is -0.410. The van der Waals surface area contributed by atoms with Gasteiger partial charge in [0, 0.05) is 24.8 Å². The number of likely N-dealkylation sites (tertiary alicyclic amines) is 1. The average Bonchev–Trinajstić information content (AvgIpc) is 3.01. The number of hydrogen-bond donors (Lipinski definition) is 1. The quantitative estimate of drug-likeness (QED) is 0.759. The third-order valence-corrected chi connectivity index (χ3v) is 4.56. The highest BCUT2D eigenvalue weighted by Gasteiger charge is 2.29. The highest BCUT2D eigenvalue weighted by Crippen LogP contribution is 2.29. The molecule has 3 heterocycles. The molecule has 1 N–H and O–H groups in total. The summed E-state index contributed by atoms with van der Waals surface area (Å²) in [6, 6.07) is 5.17. The number of halogens is 3. The summed E-state index contributed by atoms with van der Waals surface area (Å²) in [4.78, 5) is 18.0. The van der Waals surface area contributed by atoms with Gasteiger partial charge in [0.25, 0.3) is 6.43 Å². The number of alkyl halides is 2. The van der Waals surface area contributed by atoms with E-state index in [4.69, 9.17) is 0 Å². The summed E-state index contributed by atoms with van der Waals surface area (Å²) in [5, 5.41) is 13.5. The van der Waals surface area contributed by atoms with Gasteiger partial charge in [-0.15, -0.1) is 0 Å². The number of hydrogen-bond acceptors (Lipinski definition) is 4. The van der Waals surface area contributed by atoms with Crippen LogP contribution in [0.15, 0.2) is 36.7 Å². The zero-order valence-corrected chi connectivity index (χ0v) is 14.0. The minimum absolute atomic E-state index is 0.0208. The van der Waals surface area contributed by atoms with Crippen LogP contribution in [0.3, 0.4) is 0 Å². The molecule has 0 atom stereocenters. The number of pyridine rings is 1. The van der Waals surface area contributed by atoms with Gasteiger partial charge in [0.2, 0.25) is 5.91 Å². The first kappa shape index (κ1) is 17.5. The molecule has 1 aromatic carbocycles. The molecule has 140 valence electrons. The van der Waals surface area contributed by atoms with Crippen molar-refractivity contribution in [1.82, 2.24) is 19.7 Å². The average molecular weight is 376 g/mol. The van der Waals surface area contributed by atoms with Gasteiger partial charge in [-0.05, 0) is 23.8 Å². The first-order valence-electron chi connectivity index (χ1n) is 8.28. The second kappa shape index (κ2) is 6.66. The molecular formula is C18H15F3N4O2. The van der Waals surface area contributed by atoms with Gasteiger partial charge >= 0.3 is 0 Å². The van der Waals surface area contributed by atoms with Crippen LogP contribution in [0.5, 0.6) is 0 Å². The van der Waals surface area contributed by atoms with E-state index in [0.717, 1.165) is 12.1 Å². The van der Waals surface area contributed by atoms with E-state index in [1.165, 1.54) is 28.0 Å². The van der Waals surface area contributed by atoms with E-state index in [0.29, 0.717) is 35.2 Å². The maximum absolute atomic E-state index is 13.5. The van der Waals surface area contributed by atoms with Crippen LogP contribution in [0, 0.1) is 5.82 Å². The Kier molecular flexibility index (Phi) is 4.31. The molecule has 1 amide bonds. The van der Waals surface area contributed by atoms with E-state index in [2.05, 4.69) is 10.1 Å². The predicted molar refractivity (Wildman–Crippen MR) is 90.5 cm³/mol. The molecule has 0 aliphatic carbocycles. The minimum atomic E-state index is -2.92. The van der Waals surface area contributed by atoms with E-state index in [1.807, 2.05) is 0 Å². The molecule has 9 heteroatoms. The smallest absolute Gasteiger partial charge is 0.266 e. The lowest BCUT2D eigenvalue weighted by molar-refractivity contribution is -0.142. The van der Waals surface area contributed by atoms with Crippen LogP contribution in [-0.4, -0.2) is 49.9 Å². The van der Waals surface area contributed by atoms with Crippen LogP contribution in [0.2, 0.25) is 0 Å². The largest absolute Gasteiger partial charge is 0.389 e. The lowest BCUT2D eigenvalue weighted by atomic mass is 10.0. The number of carbonyl (C=O) groups excluding carboxylic acids is 1. The molecule has 0 unspecified atom stereocenters. The molecule has 0 radical (unpaired) electrons. The number of β-amino-alcohol motifs (C(OH)–C–C–N with tert-alkyl or cyclic N) is 1. The first-order valence-corrected chi connectivity index (χ1v) is 8.28. The number of fused-ring (bicyclic) bond motifs is 1. The van der Waals surface area contributed by atoms with Gasteiger partial charge in [-0.25, -0.2) is 13.2 Å². The van der Waals surface area contributed by atoms with Gasteiger partial charge in [-0.1, -0.05) is 6.07 Å². The Morgan fingerprint density at radius 3 is 2.70 bits per heavy atom. The van der Waals surface area contributed by atoms with Crippen molar-refractivity contribution in [2.24, 2.45) is 0 Å². The normalized spacial score (nSPS) is 14.8. The van der Waals surface area contributed by atoms with Crippen molar-refractivity contribution in [3.05, 3.63) is 48.0 Å². The number of amides is 1. The summed E-state index contributed by atoms with van der Waals surface area (Å²) in [5.41, 5.74) is 1.34. The van der Waals surface area contributed by atoms with Gasteiger partial charge < -0.3 is 10.0 Å². The van der Waals surface area contributed by atoms with Crippen molar-refractivity contribution >= 4 is 16.9 Å². The molecule has 6 nitrogen and oxygen atoms in total. The zero-order valence-electron chi connectivity index (χ0n) is 14.0. The topological polar surface area (TPSA) is 71.2 Å². The molecule has 0 saturated carbocycles. The van der Waals surface area contributed by atoms with Crippen molar-refractivity contribution in [3.63, 3.8) is 0 Å². The number of nitrogens with zero attached hydrogens (tertiary/aromatic N) is 4. The standard InChI is InChI=1S/C18H15F3N4O2/c19-14-2-1-10(3-13(14)18(20)21)11-4-16-15(22-5-11)6-23-25(16)9-17(27)24-7-12(26)8-24/h1-6,12,18,26H,7-9H2. The fourth-order valence-electron chi connectivity index (χ4n) is 3.02. The van der Waals surface area contributed by atoms with E-state index >= 15 is 0 Å². The second-order valence-electron chi connectivity index (χ2n) is 6.42. The van der Waals surface area contributed by atoms with E-state index in [9.17, 15) is 23.1 Å². The molecule has 3 aromatic rings. The van der Waals surface area contributed by atoms with Crippen LogP contribution in [-0.2, 0) is 11.3 Å². The third kappa shape index (κ3) is 3.25. The molecule has 2 aromatic heterocycles. The number of aromatic nitrogens is 3. The van der Waals surface area contributed by atoms with Crippen LogP contribution in [0.4, 0.5) is 13.2 Å². The van der Waals surface area contributed by atoms with Crippen molar-refractivity contribution in [2.45, 2.75) is 19.1 Å². The van der Waals surface area contributed by atoms with Crippen LogP contribution in [0.25, 0.3) is 22.2 Å². The zero-order chi connectivity index (χ0) is 19.1. The van der Waals surface area contributed by atoms with Gasteiger partial charge in [0.15, 0.2) is 0 Å². The Bertz CT molecular complexity index is 1020. The summed E-state index contributed by atoms with van der Waals surface area (Å²) in [5.74, 6) is -1.15. The molecule has 0 bridgehead atoms. The highest BCUT2D eigenvalue weighted by molar-refractivity contribution is 5.83. The molecule has 27 heavy (non-hydrogen) atoms. The monoisotopic (exact) mass is 376 g/mol. The number of carbonyl (C=O) groups is 1. The van der Waals surface area contributed by atoms with E-state index in [1.54, 1.807) is 6.07 Å². The van der Waals surface area contributed by atoms with Crippen LogP contribution >= 0.6 is 0 Å². The van der Waals surface area contributed by atoms with Gasteiger partial charge in [-0.3, -0.25) is 14.5 Å². The molecule has 1 aliphatic heterocycles. The molecule has 4 rings (SSSR count). The summed E-state index contributed by atoms with van der Waals surface area (Å²) in [6.45, 7) is 0.577. The maximum atomic E-state index is 13.5. The third-order valence-electron chi connectivity index (χ3n) is 4.56. The lowest BCUT2D eigenvalue weighted by Crippen LogP contribution is -2.54. The Balaban J connectivity index is 1.66. The fourth-order valence-corrected chi connectivity index (χ4v) is 3.02. The fraction of sp³-hybridized carbons (Fsp3) is 0.278. The Morgan fingerprint density at radius 2 is 2.00 bits per heavy atom. The summed E-state index contributed by atoms with van der Waals surface area (Å²) in [7, 11) is 0. The van der Waals surface area contributed by atoms with Crippen LogP contribution in [0.1, 0.15) is 12.0 Å². The lowest BCUT2D eigenvalue weighted by Gasteiger charge is -2.35. The van der Waals surface area contributed by atoms with Crippen molar-refractivity contribution in [2.75, 3.05) is 13.1 Å². The summed E-state index contributed by atoms with van der Waals surface area (Å²) < 4.78 is 40.9. The summed E-state index contributed by atoms with van der Waals surface area (Å²) >= 11 is 0.